The number of unbranched alkanes of at least 4 members (excludes halogenated alkanes) is 1. The van der Waals surface area contributed by atoms with E-state index in [9.17, 15) is 14.0 Å². The van der Waals surface area contributed by atoms with Crippen LogP contribution in [0.3, 0.4) is 0 Å². The molecule has 0 radical (unpaired) electrons. The van der Waals surface area contributed by atoms with Gasteiger partial charge in [-0.3, -0.25) is 9.59 Å². The first kappa shape index (κ1) is 25.2. The molecule has 5 heteroatoms. The van der Waals surface area contributed by atoms with Crippen LogP contribution in [0.5, 0.6) is 0 Å². The molecule has 0 fully saturated rings. The average molecular weight is 461 g/mol. The van der Waals surface area contributed by atoms with Gasteiger partial charge in [0.25, 0.3) is 0 Å². The van der Waals surface area contributed by atoms with E-state index in [1.165, 1.54) is 12.1 Å². The van der Waals surface area contributed by atoms with E-state index in [0.717, 1.165) is 29.5 Å². The Morgan fingerprint density at radius 3 is 2.26 bits per heavy atom. The highest BCUT2D eigenvalue weighted by molar-refractivity contribution is 5.88. The van der Waals surface area contributed by atoms with Crippen LogP contribution in [0.2, 0.25) is 0 Å². The minimum Gasteiger partial charge on any atom is -0.354 e. The number of nitrogens with one attached hydrogen (secondary N) is 1. The lowest BCUT2D eigenvalue weighted by Crippen LogP contribution is -2.51. The monoisotopic (exact) mass is 460 g/mol. The summed E-state index contributed by atoms with van der Waals surface area (Å²) in [5, 5.41) is 3.03. The molecule has 4 nitrogen and oxygen atoms in total. The number of nitrogens with zero attached hydrogens (tertiary/aromatic N) is 1. The van der Waals surface area contributed by atoms with Crippen molar-refractivity contribution in [3.8, 4) is 0 Å². The van der Waals surface area contributed by atoms with Crippen LogP contribution < -0.4 is 5.32 Å². The number of carbonyl (C=O) groups excluding carboxylic acids is 2. The molecular formula is C29H33FN2O2. The fraction of sp³-hybridized carbons (Fsp3) is 0.310. The Morgan fingerprint density at radius 2 is 1.59 bits per heavy atom. The van der Waals surface area contributed by atoms with Crippen LogP contribution in [0.25, 0.3) is 0 Å². The van der Waals surface area contributed by atoms with Crippen molar-refractivity contribution in [3.63, 3.8) is 0 Å². The van der Waals surface area contributed by atoms with E-state index in [1.54, 1.807) is 17.0 Å². The molecule has 0 unspecified atom stereocenters. The van der Waals surface area contributed by atoms with E-state index in [1.807, 2.05) is 61.5 Å². The number of aryl methyl sites for hydroxylation is 1. The van der Waals surface area contributed by atoms with Gasteiger partial charge in [0.15, 0.2) is 0 Å². The van der Waals surface area contributed by atoms with Crippen LogP contribution >= 0.6 is 0 Å². The molecule has 0 spiro atoms. The average Bonchev–Trinajstić information content (AvgIpc) is 2.84. The van der Waals surface area contributed by atoms with Gasteiger partial charge in [0.2, 0.25) is 11.8 Å². The number of benzene rings is 3. The van der Waals surface area contributed by atoms with E-state index < -0.39 is 6.04 Å². The number of halogens is 1. The van der Waals surface area contributed by atoms with Crippen LogP contribution in [0.4, 0.5) is 4.39 Å². The lowest BCUT2D eigenvalue weighted by molar-refractivity contribution is -0.140. The zero-order valence-corrected chi connectivity index (χ0v) is 20.0. The summed E-state index contributed by atoms with van der Waals surface area (Å²) in [5.41, 5.74) is 3.76. The highest BCUT2D eigenvalue weighted by Gasteiger charge is 2.30. The molecule has 34 heavy (non-hydrogen) atoms. The number of rotatable bonds is 11. The number of amides is 2. The first-order valence-corrected chi connectivity index (χ1v) is 11.9. The molecule has 2 amide bonds. The quantitative estimate of drug-likeness (QED) is 0.398. The lowest BCUT2D eigenvalue weighted by atomic mass is 10.0. The standard InChI is InChI=1S/C29H33FN2O2/c1-3-4-18-31-29(34)27(19-23-11-6-5-7-12-23)32(21-25-13-9-8-10-22(25)2)28(33)20-24-14-16-26(30)17-15-24/h5-17,27H,3-4,18-21H2,1-2H3,(H,31,34)/t27-/m0/s1. The highest BCUT2D eigenvalue weighted by atomic mass is 19.1. The van der Waals surface area contributed by atoms with Gasteiger partial charge in [-0.25, -0.2) is 4.39 Å². The maximum atomic E-state index is 13.6. The molecule has 3 rings (SSSR count). The van der Waals surface area contributed by atoms with Gasteiger partial charge in [0.1, 0.15) is 11.9 Å². The molecule has 0 saturated carbocycles. The first-order valence-electron chi connectivity index (χ1n) is 11.9. The van der Waals surface area contributed by atoms with Crippen LogP contribution in [0, 0.1) is 12.7 Å². The molecule has 1 atom stereocenters. The van der Waals surface area contributed by atoms with Crippen molar-refractivity contribution in [1.29, 1.82) is 0 Å². The van der Waals surface area contributed by atoms with Crippen LogP contribution in [0.15, 0.2) is 78.9 Å². The van der Waals surface area contributed by atoms with Crippen LogP contribution in [-0.4, -0.2) is 29.3 Å². The van der Waals surface area contributed by atoms with E-state index in [-0.39, 0.29) is 24.1 Å². The van der Waals surface area contributed by atoms with Gasteiger partial charge < -0.3 is 10.2 Å². The summed E-state index contributed by atoms with van der Waals surface area (Å²) < 4.78 is 13.4. The summed E-state index contributed by atoms with van der Waals surface area (Å²) in [6.07, 6.45) is 2.37. The smallest absolute Gasteiger partial charge is 0.243 e. The molecule has 0 aliphatic rings. The lowest BCUT2D eigenvalue weighted by Gasteiger charge is -2.32. The van der Waals surface area contributed by atoms with Crippen LogP contribution in [0.1, 0.15) is 42.0 Å². The van der Waals surface area contributed by atoms with Crippen molar-refractivity contribution in [2.24, 2.45) is 0 Å². The van der Waals surface area contributed by atoms with Gasteiger partial charge >= 0.3 is 0 Å². The van der Waals surface area contributed by atoms with Gasteiger partial charge in [-0.2, -0.15) is 0 Å². The SMILES string of the molecule is CCCCNC(=O)[C@H](Cc1ccccc1)N(Cc1ccccc1C)C(=O)Cc1ccc(F)cc1. The Hall–Kier alpha value is -3.47. The Bertz CT molecular complexity index is 1070. The topological polar surface area (TPSA) is 49.4 Å². The molecule has 0 heterocycles. The number of hydrogen-bond acceptors (Lipinski definition) is 2. The summed E-state index contributed by atoms with van der Waals surface area (Å²) in [6, 6.07) is 22.9. The third-order valence-electron chi connectivity index (χ3n) is 5.97. The zero-order valence-electron chi connectivity index (χ0n) is 20.0. The third-order valence-corrected chi connectivity index (χ3v) is 5.97. The summed E-state index contributed by atoms with van der Waals surface area (Å²) in [7, 11) is 0. The van der Waals surface area contributed by atoms with Gasteiger partial charge in [0, 0.05) is 19.5 Å². The predicted molar refractivity (Wildman–Crippen MR) is 134 cm³/mol. The molecule has 0 aliphatic carbocycles. The van der Waals surface area contributed by atoms with Gasteiger partial charge in [0.05, 0.1) is 6.42 Å². The second-order valence-electron chi connectivity index (χ2n) is 8.60. The Balaban J connectivity index is 1.94. The van der Waals surface area contributed by atoms with E-state index in [0.29, 0.717) is 25.1 Å². The van der Waals surface area contributed by atoms with Crippen molar-refractivity contribution in [1.82, 2.24) is 10.2 Å². The third kappa shape index (κ3) is 7.27. The largest absolute Gasteiger partial charge is 0.354 e. The van der Waals surface area contributed by atoms with E-state index >= 15 is 0 Å². The van der Waals surface area contributed by atoms with Crippen molar-refractivity contribution in [2.45, 2.75) is 52.1 Å². The first-order chi connectivity index (χ1) is 16.5. The predicted octanol–water partition coefficient (Wildman–Crippen LogP) is 5.23. The molecule has 178 valence electrons. The summed E-state index contributed by atoms with van der Waals surface area (Å²) in [6.45, 7) is 4.98. The van der Waals surface area contributed by atoms with Gasteiger partial charge in [-0.1, -0.05) is 80.1 Å². The van der Waals surface area contributed by atoms with Gasteiger partial charge in [-0.05, 0) is 47.7 Å². The van der Waals surface area contributed by atoms with Crippen molar-refractivity contribution >= 4 is 11.8 Å². The maximum Gasteiger partial charge on any atom is 0.243 e. The number of hydrogen-bond donors (Lipinski definition) is 1. The summed E-state index contributed by atoms with van der Waals surface area (Å²) in [5.74, 6) is -0.662. The van der Waals surface area contributed by atoms with Crippen molar-refractivity contribution in [2.75, 3.05) is 6.54 Å². The fourth-order valence-electron chi connectivity index (χ4n) is 3.91. The molecular weight excluding hydrogens is 427 g/mol. The van der Waals surface area contributed by atoms with Crippen molar-refractivity contribution < 1.29 is 14.0 Å². The minimum absolute atomic E-state index is 0.0969. The zero-order chi connectivity index (χ0) is 24.3. The van der Waals surface area contributed by atoms with E-state index in [2.05, 4.69) is 12.2 Å². The molecule has 0 saturated heterocycles. The Morgan fingerprint density at radius 1 is 0.912 bits per heavy atom. The summed E-state index contributed by atoms with van der Waals surface area (Å²) >= 11 is 0. The van der Waals surface area contributed by atoms with Crippen LogP contribution in [-0.2, 0) is 29.0 Å². The highest BCUT2D eigenvalue weighted by Crippen LogP contribution is 2.18. The van der Waals surface area contributed by atoms with Gasteiger partial charge in [-0.15, -0.1) is 0 Å². The van der Waals surface area contributed by atoms with E-state index in [4.69, 9.17) is 0 Å². The molecule has 3 aromatic rings. The Kier molecular flexibility index (Phi) is 9.39. The Labute approximate surface area is 201 Å². The summed E-state index contributed by atoms with van der Waals surface area (Å²) in [4.78, 5) is 28.7. The number of carbonyl (C=O) groups is 2. The second kappa shape index (κ2) is 12.7. The normalized spacial score (nSPS) is 11.6. The second-order valence-corrected chi connectivity index (χ2v) is 8.60. The molecule has 0 aromatic heterocycles. The maximum absolute atomic E-state index is 13.6. The molecule has 0 bridgehead atoms. The molecule has 1 N–H and O–H groups in total. The van der Waals surface area contributed by atoms with Crippen molar-refractivity contribution in [3.05, 3.63) is 107 Å². The minimum atomic E-state index is -0.660. The molecule has 0 aliphatic heterocycles. The molecule has 3 aromatic carbocycles. The fourth-order valence-corrected chi connectivity index (χ4v) is 3.91.